The molecule has 0 aromatic heterocycles. The van der Waals surface area contributed by atoms with Crippen molar-refractivity contribution in [1.82, 2.24) is 10.2 Å². The lowest BCUT2D eigenvalue weighted by molar-refractivity contribution is -0.0789. The van der Waals surface area contributed by atoms with Crippen molar-refractivity contribution in [3.63, 3.8) is 0 Å². The fourth-order valence-corrected chi connectivity index (χ4v) is 3.10. The lowest BCUT2D eigenvalue weighted by Gasteiger charge is -2.46. The maximum Gasteiger partial charge on any atom is 0.260 e. The summed E-state index contributed by atoms with van der Waals surface area (Å²) in [5.41, 5.74) is 0.280. The second kappa shape index (κ2) is 4.57. The summed E-state index contributed by atoms with van der Waals surface area (Å²) < 4.78 is 26.6. The molecule has 2 aliphatic rings. The van der Waals surface area contributed by atoms with E-state index in [0.717, 1.165) is 19.6 Å². The lowest BCUT2D eigenvalue weighted by Crippen LogP contribution is -2.52. The van der Waals surface area contributed by atoms with Crippen LogP contribution in [0.15, 0.2) is 0 Å². The van der Waals surface area contributed by atoms with E-state index < -0.39 is 5.92 Å². The molecule has 4 heteroatoms. The number of rotatable bonds is 4. The molecular formula is C12H22F2N2. The Labute approximate surface area is 96.4 Å². The summed E-state index contributed by atoms with van der Waals surface area (Å²) in [5, 5.41) is 3.21. The van der Waals surface area contributed by atoms with Crippen LogP contribution < -0.4 is 5.32 Å². The van der Waals surface area contributed by atoms with Gasteiger partial charge in [0, 0.05) is 19.5 Å². The zero-order valence-corrected chi connectivity index (χ0v) is 10.1. The first-order valence-corrected chi connectivity index (χ1v) is 6.30. The highest BCUT2D eigenvalue weighted by Gasteiger charge is 2.42. The zero-order valence-electron chi connectivity index (χ0n) is 10.1. The van der Waals surface area contributed by atoms with Crippen LogP contribution in [0.4, 0.5) is 8.78 Å². The van der Waals surface area contributed by atoms with Gasteiger partial charge in [-0.1, -0.05) is 6.42 Å². The predicted molar refractivity (Wildman–Crippen MR) is 60.8 cm³/mol. The van der Waals surface area contributed by atoms with Gasteiger partial charge < -0.3 is 5.32 Å². The Morgan fingerprint density at radius 3 is 2.44 bits per heavy atom. The van der Waals surface area contributed by atoms with Crippen LogP contribution in [0.25, 0.3) is 0 Å². The van der Waals surface area contributed by atoms with Crippen LogP contribution in [-0.2, 0) is 0 Å². The van der Waals surface area contributed by atoms with Crippen molar-refractivity contribution >= 4 is 0 Å². The maximum atomic E-state index is 13.3. The Morgan fingerprint density at radius 1 is 1.19 bits per heavy atom. The Bertz CT molecular complexity index is 239. The fraction of sp³-hybridized carbons (Fsp3) is 1.00. The summed E-state index contributed by atoms with van der Waals surface area (Å²) in [7, 11) is 1.95. The van der Waals surface area contributed by atoms with Gasteiger partial charge in [0.2, 0.25) is 0 Å². The van der Waals surface area contributed by atoms with Gasteiger partial charge >= 0.3 is 0 Å². The number of nitrogens with zero attached hydrogens (tertiary/aromatic N) is 1. The van der Waals surface area contributed by atoms with Crippen LogP contribution in [-0.4, -0.2) is 44.0 Å². The highest BCUT2D eigenvalue weighted by molar-refractivity contribution is 4.93. The van der Waals surface area contributed by atoms with Crippen LogP contribution in [0.5, 0.6) is 0 Å². The molecule has 0 radical (unpaired) electrons. The first kappa shape index (κ1) is 12.2. The van der Waals surface area contributed by atoms with Gasteiger partial charge in [0.1, 0.15) is 0 Å². The molecule has 0 amide bonds. The second-order valence-electron chi connectivity index (χ2n) is 5.55. The van der Waals surface area contributed by atoms with Crippen LogP contribution in [0.3, 0.4) is 0 Å². The molecule has 0 spiro atoms. The monoisotopic (exact) mass is 232 g/mol. The van der Waals surface area contributed by atoms with Crippen LogP contribution in [0.1, 0.15) is 32.1 Å². The molecular weight excluding hydrogens is 210 g/mol. The Hall–Kier alpha value is -0.220. The number of hydrogen-bond donors (Lipinski definition) is 1. The van der Waals surface area contributed by atoms with E-state index in [1.54, 1.807) is 0 Å². The SMILES string of the molecule is CNCC1(CN2CCCC(F)(F)C2)CCC1. The molecule has 1 saturated carbocycles. The number of likely N-dealkylation sites (tertiary alicyclic amines) is 1. The standard InChI is InChI=1S/C12H22F2N2/c1-15-8-11(4-2-5-11)9-16-7-3-6-12(13,14)10-16/h15H,2-10H2,1H3. The molecule has 1 aliphatic heterocycles. The van der Waals surface area contributed by atoms with E-state index >= 15 is 0 Å². The summed E-state index contributed by atoms with van der Waals surface area (Å²) in [6.07, 6.45) is 4.35. The fourth-order valence-electron chi connectivity index (χ4n) is 3.10. The number of halogens is 2. The first-order chi connectivity index (χ1) is 7.55. The Kier molecular flexibility index (Phi) is 3.50. The van der Waals surface area contributed by atoms with Crippen LogP contribution in [0.2, 0.25) is 0 Å². The molecule has 1 aliphatic carbocycles. The maximum absolute atomic E-state index is 13.3. The van der Waals surface area contributed by atoms with E-state index in [2.05, 4.69) is 5.32 Å². The topological polar surface area (TPSA) is 15.3 Å². The molecule has 0 aromatic rings. The number of piperidine rings is 1. The zero-order chi connectivity index (χ0) is 11.6. The van der Waals surface area contributed by atoms with E-state index in [0.29, 0.717) is 6.42 Å². The van der Waals surface area contributed by atoms with Gasteiger partial charge in [0.05, 0.1) is 6.54 Å². The number of hydrogen-bond acceptors (Lipinski definition) is 2. The lowest BCUT2D eigenvalue weighted by atomic mass is 9.68. The van der Waals surface area contributed by atoms with Crippen molar-refractivity contribution in [3.8, 4) is 0 Å². The van der Waals surface area contributed by atoms with Gasteiger partial charge in [-0.2, -0.15) is 0 Å². The van der Waals surface area contributed by atoms with Gasteiger partial charge in [-0.15, -0.1) is 0 Å². The predicted octanol–water partition coefficient (Wildman–Crippen LogP) is 2.11. The smallest absolute Gasteiger partial charge is 0.260 e. The van der Waals surface area contributed by atoms with Gasteiger partial charge in [-0.3, -0.25) is 4.90 Å². The average molecular weight is 232 g/mol. The molecule has 2 rings (SSSR count). The normalized spacial score (nSPS) is 28.7. The summed E-state index contributed by atoms with van der Waals surface area (Å²) in [6, 6.07) is 0. The summed E-state index contributed by atoms with van der Waals surface area (Å²) in [5.74, 6) is -2.46. The summed E-state index contributed by atoms with van der Waals surface area (Å²) >= 11 is 0. The molecule has 0 unspecified atom stereocenters. The minimum Gasteiger partial charge on any atom is -0.319 e. The van der Waals surface area contributed by atoms with Crippen molar-refractivity contribution in [1.29, 1.82) is 0 Å². The molecule has 2 fully saturated rings. The first-order valence-electron chi connectivity index (χ1n) is 6.30. The van der Waals surface area contributed by atoms with E-state index in [-0.39, 0.29) is 18.4 Å². The molecule has 0 atom stereocenters. The van der Waals surface area contributed by atoms with E-state index in [1.807, 2.05) is 11.9 Å². The highest BCUT2D eigenvalue weighted by Crippen LogP contribution is 2.42. The minimum absolute atomic E-state index is 0.0293. The molecule has 1 saturated heterocycles. The Balaban J connectivity index is 1.88. The summed E-state index contributed by atoms with van der Waals surface area (Å²) in [4.78, 5) is 1.97. The third kappa shape index (κ3) is 2.72. The number of alkyl halides is 2. The minimum atomic E-state index is -2.46. The van der Waals surface area contributed by atoms with Crippen LogP contribution in [0, 0.1) is 5.41 Å². The third-order valence-corrected chi connectivity index (χ3v) is 4.00. The quantitative estimate of drug-likeness (QED) is 0.798. The average Bonchev–Trinajstić information content (AvgIpc) is 2.13. The van der Waals surface area contributed by atoms with E-state index in [1.165, 1.54) is 19.3 Å². The molecule has 1 heterocycles. The molecule has 0 aromatic carbocycles. The Morgan fingerprint density at radius 2 is 1.94 bits per heavy atom. The van der Waals surface area contributed by atoms with Gasteiger partial charge in [0.15, 0.2) is 0 Å². The molecule has 94 valence electrons. The third-order valence-electron chi connectivity index (χ3n) is 4.00. The van der Waals surface area contributed by atoms with E-state index in [9.17, 15) is 8.78 Å². The largest absolute Gasteiger partial charge is 0.319 e. The van der Waals surface area contributed by atoms with Crippen molar-refractivity contribution in [2.45, 2.75) is 38.0 Å². The second-order valence-corrected chi connectivity index (χ2v) is 5.55. The van der Waals surface area contributed by atoms with Gasteiger partial charge in [-0.25, -0.2) is 8.78 Å². The van der Waals surface area contributed by atoms with Crippen molar-refractivity contribution in [2.75, 3.05) is 33.2 Å². The van der Waals surface area contributed by atoms with Crippen molar-refractivity contribution in [3.05, 3.63) is 0 Å². The molecule has 16 heavy (non-hydrogen) atoms. The van der Waals surface area contributed by atoms with Gasteiger partial charge in [0.25, 0.3) is 5.92 Å². The molecule has 0 bridgehead atoms. The van der Waals surface area contributed by atoms with E-state index in [4.69, 9.17) is 0 Å². The molecule has 2 nitrogen and oxygen atoms in total. The van der Waals surface area contributed by atoms with Gasteiger partial charge in [-0.05, 0) is 38.3 Å². The summed E-state index contributed by atoms with van der Waals surface area (Å²) in [6.45, 7) is 2.64. The highest BCUT2D eigenvalue weighted by atomic mass is 19.3. The number of nitrogens with one attached hydrogen (secondary N) is 1. The van der Waals surface area contributed by atoms with Crippen LogP contribution >= 0.6 is 0 Å². The van der Waals surface area contributed by atoms with Crippen molar-refractivity contribution < 1.29 is 8.78 Å². The van der Waals surface area contributed by atoms with Crippen molar-refractivity contribution in [2.24, 2.45) is 5.41 Å². The molecule has 1 N–H and O–H groups in total.